The van der Waals surface area contributed by atoms with Crippen LogP contribution in [0.4, 0.5) is 17.3 Å². The first-order valence-corrected chi connectivity index (χ1v) is 14.7. The molecule has 10 nitrogen and oxygen atoms in total. The maximum atomic E-state index is 12.7. The van der Waals surface area contributed by atoms with Crippen molar-refractivity contribution in [2.45, 2.75) is 18.4 Å². The fourth-order valence-corrected chi connectivity index (χ4v) is 5.40. The van der Waals surface area contributed by atoms with Crippen molar-refractivity contribution in [3.05, 3.63) is 108 Å². The van der Waals surface area contributed by atoms with Gasteiger partial charge in [-0.15, -0.1) is 0 Å². The molecule has 2 N–H and O–H groups in total. The minimum absolute atomic E-state index is 0.0173. The van der Waals surface area contributed by atoms with Crippen molar-refractivity contribution in [2.75, 3.05) is 20.6 Å². The zero-order chi connectivity index (χ0) is 27.3. The summed E-state index contributed by atoms with van der Waals surface area (Å²) in [6.45, 7) is 2.00. The fourth-order valence-electron chi connectivity index (χ4n) is 3.56. The zero-order valence-electron chi connectivity index (χ0n) is 20.6. The Labute approximate surface area is 221 Å². The number of carbonyl (C=O) groups is 1. The molecule has 0 atom stereocenters. The summed E-state index contributed by atoms with van der Waals surface area (Å²) in [6.07, 6.45) is 3.99. The average molecular weight is 552 g/mol. The summed E-state index contributed by atoms with van der Waals surface area (Å²) >= 11 is 0. The molecule has 0 unspecified atom stereocenters. The van der Waals surface area contributed by atoms with Crippen molar-refractivity contribution < 1.29 is 21.6 Å². The summed E-state index contributed by atoms with van der Waals surface area (Å²) in [5.74, 6) is -0.450. The number of anilines is 3. The molecule has 1 amide bonds. The number of rotatable bonds is 9. The third kappa shape index (κ3) is 6.72. The molecule has 196 valence electrons. The summed E-state index contributed by atoms with van der Waals surface area (Å²) in [5, 5.41) is 2.72. The van der Waals surface area contributed by atoms with Gasteiger partial charge in [0.05, 0.1) is 23.4 Å². The summed E-state index contributed by atoms with van der Waals surface area (Å²) < 4.78 is 53.5. The smallest absolute Gasteiger partial charge is 0.264 e. The maximum Gasteiger partial charge on any atom is 0.264 e. The van der Waals surface area contributed by atoms with Crippen LogP contribution in [0.25, 0.3) is 0 Å². The lowest BCUT2D eigenvalue weighted by molar-refractivity contribution is 0.102. The van der Waals surface area contributed by atoms with Gasteiger partial charge >= 0.3 is 0 Å². The van der Waals surface area contributed by atoms with Crippen LogP contribution in [0.5, 0.6) is 0 Å². The SMILES string of the molecule is Cc1cccc(N(Cc2ccc(C(=O)Nc3ccc(S(=O)(=O)Nc4ncccn4)cc3)cc2)S(C)(=O)=O)c1. The highest BCUT2D eigenvalue weighted by Crippen LogP contribution is 2.22. The molecule has 4 rings (SSSR count). The summed E-state index contributed by atoms with van der Waals surface area (Å²) in [5.41, 5.74) is 2.96. The van der Waals surface area contributed by atoms with Gasteiger partial charge < -0.3 is 5.32 Å². The molecule has 0 saturated carbocycles. The molecule has 0 spiro atoms. The molecular weight excluding hydrogens is 526 g/mol. The van der Waals surface area contributed by atoms with E-state index in [0.717, 1.165) is 11.8 Å². The van der Waals surface area contributed by atoms with Crippen molar-refractivity contribution in [3.63, 3.8) is 0 Å². The normalized spacial score (nSPS) is 11.5. The first-order valence-electron chi connectivity index (χ1n) is 11.4. The van der Waals surface area contributed by atoms with Crippen molar-refractivity contribution >= 4 is 43.3 Å². The van der Waals surface area contributed by atoms with Crippen molar-refractivity contribution in [2.24, 2.45) is 0 Å². The molecule has 12 heteroatoms. The van der Waals surface area contributed by atoms with Crippen LogP contribution in [0.3, 0.4) is 0 Å². The van der Waals surface area contributed by atoms with E-state index < -0.39 is 26.0 Å². The second-order valence-corrected chi connectivity index (χ2v) is 12.1. The Balaban J connectivity index is 1.42. The van der Waals surface area contributed by atoms with Gasteiger partial charge in [-0.3, -0.25) is 9.10 Å². The quantitative estimate of drug-likeness (QED) is 0.323. The molecule has 0 radical (unpaired) electrons. The van der Waals surface area contributed by atoms with E-state index in [1.165, 1.54) is 41.0 Å². The number of hydrogen-bond acceptors (Lipinski definition) is 7. The van der Waals surface area contributed by atoms with E-state index in [4.69, 9.17) is 0 Å². The molecule has 1 heterocycles. The summed E-state index contributed by atoms with van der Waals surface area (Å²) in [6, 6.07) is 21.0. The van der Waals surface area contributed by atoms with Gasteiger partial charge in [-0.25, -0.2) is 31.5 Å². The van der Waals surface area contributed by atoms with Crippen molar-refractivity contribution in [1.82, 2.24) is 9.97 Å². The van der Waals surface area contributed by atoms with Crippen LogP contribution in [-0.2, 0) is 26.6 Å². The number of nitrogens with one attached hydrogen (secondary N) is 2. The highest BCUT2D eigenvalue weighted by atomic mass is 32.2. The Morgan fingerprint density at radius 2 is 1.53 bits per heavy atom. The van der Waals surface area contributed by atoms with E-state index in [1.807, 2.05) is 13.0 Å². The van der Waals surface area contributed by atoms with Crippen LogP contribution < -0.4 is 14.3 Å². The number of carbonyl (C=O) groups excluding carboxylic acids is 1. The van der Waals surface area contributed by atoms with Crippen LogP contribution in [0.1, 0.15) is 21.5 Å². The van der Waals surface area contributed by atoms with E-state index >= 15 is 0 Å². The van der Waals surface area contributed by atoms with Gasteiger partial charge in [0.2, 0.25) is 16.0 Å². The molecule has 38 heavy (non-hydrogen) atoms. The maximum absolute atomic E-state index is 12.7. The van der Waals surface area contributed by atoms with Crippen LogP contribution in [0, 0.1) is 6.92 Å². The van der Waals surface area contributed by atoms with Crippen LogP contribution in [-0.4, -0.2) is 39.0 Å². The standard InChI is InChI=1S/C26H25N5O5S2/c1-19-5-3-6-23(17-19)31(37(2,33)34)18-20-7-9-21(10-8-20)25(32)29-22-11-13-24(14-12-22)38(35,36)30-26-27-15-4-16-28-26/h3-17H,18H2,1-2H3,(H,29,32)(H,27,28,30). The Hall–Kier alpha value is -4.29. The molecule has 0 aliphatic heterocycles. The largest absolute Gasteiger partial charge is 0.322 e. The highest BCUT2D eigenvalue weighted by Gasteiger charge is 2.19. The predicted molar refractivity (Wildman–Crippen MR) is 146 cm³/mol. The van der Waals surface area contributed by atoms with Gasteiger partial charge in [0.15, 0.2) is 0 Å². The molecule has 0 fully saturated rings. The Bertz CT molecular complexity index is 1640. The van der Waals surface area contributed by atoms with Gasteiger partial charge in [0.25, 0.3) is 15.9 Å². The molecule has 0 aliphatic carbocycles. The zero-order valence-corrected chi connectivity index (χ0v) is 22.2. The second-order valence-electron chi connectivity index (χ2n) is 8.46. The lowest BCUT2D eigenvalue weighted by Gasteiger charge is -2.23. The van der Waals surface area contributed by atoms with Gasteiger partial charge in [0.1, 0.15) is 0 Å². The number of nitrogens with zero attached hydrogens (tertiary/aromatic N) is 3. The second kappa shape index (κ2) is 11.0. The fraction of sp³-hybridized carbons (Fsp3) is 0.115. The molecule has 4 aromatic rings. The van der Waals surface area contributed by atoms with E-state index in [2.05, 4.69) is 20.0 Å². The van der Waals surface area contributed by atoms with Gasteiger partial charge in [0, 0.05) is 23.6 Å². The van der Waals surface area contributed by atoms with Crippen molar-refractivity contribution in [3.8, 4) is 0 Å². The Morgan fingerprint density at radius 1 is 0.868 bits per heavy atom. The highest BCUT2D eigenvalue weighted by molar-refractivity contribution is 7.92. The van der Waals surface area contributed by atoms with Crippen LogP contribution in [0.15, 0.2) is 96.2 Å². The minimum Gasteiger partial charge on any atom is -0.322 e. The third-order valence-corrected chi connectivity index (χ3v) is 7.93. The molecule has 0 saturated heterocycles. The molecule has 1 aromatic heterocycles. The first kappa shape index (κ1) is 26.8. The lowest BCUT2D eigenvalue weighted by atomic mass is 10.1. The lowest BCUT2D eigenvalue weighted by Crippen LogP contribution is -2.29. The van der Waals surface area contributed by atoms with Crippen molar-refractivity contribution in [1.29, 1.82) is 0 Å². The summed E-state index contributed by atoms with van der Waals surface area (Å²) in [7, 11) is -7.43. The van der Waals surface area contributed by atoms with E-state index in [0.29, 0.717) is 22.5 Å². The number of aromatic nitrogens is 2. The topological polar surface area (TPSA) is 138 Å². The van der Waals surface area contributed by atoms with Gasteiger partial charge in [-0.2, -0.15) is 0 Å². The minimum atomic E-state index is -3.89. The van der Waals surface area contributed by atoms with E-state index in [-0.39, 0.29) is 17.4 Å². The molecular formula is C26H25N5O5S2. The average Bonchev–Trinajstić information content (AvgIpc) is 2.87. The molecule has 3 aromatic carbocycles. The number of hydrogen-bond donors (Lipinski definition) is 2. The number of amides is 1. The number of sulfonamides is 2. The van der Waals surface area contributed by atoms with Gasteiger partial charge in [-0.1, -0.05) is 24.3 Å². The third-order valence-electron chi connectivity index (χ3n) is 5.45. The molecule has 0 bridgehead atoms. The Morgan fingerprint density at radius 3 is 2.13 bits per heavy atom. The Kier molecular flexibility index (Phi) is 7.74. The van der Waals surface area contributed by atoms with Gasteiger partial charge in [-0.05, 0) is 72.6 Å². The van der Waals surface area contributed by atoms with E-state index in [9.17, 15) is 21.6 Å². The summed E-state index contributed by atoms with van der Waals surface area (Å²) in [4.78, 5) is 20.4. The monoisotopic (exact) mass is 551 g/mol. The predicted octanol–water partition coefficient (Wildman–Crippen LogP) is 3.80. The molecule has 0 aliphatic rings. The van der Waals surface area contributed by atoms with Crippen LogP contribution >= 0.6 is 0 Å². The number of benzene rings is 3. The first-order chi connectivity index (χ1) is 18.0. The van der Waals surface area contributed by atoms with E-state index in [1.54, 1.807) is 48.5 Å². The number of aryl methyl sites for hydroxylation is 1. The van der Waals surface area contributed by atoms with Crippen LogP contribution in [0.2, 0.25) is 0 Å².